The first-order valence-corrected chi connectivity index (χ1v) is 5.85. The van der Waals surface area contributed by atoms with Gasteiger partial charge in [-0.3, -0.25) is 0 Å². The van der Waals surface area contributed by atoms with Gasteiger partial charge in [-0.2, -0.15) is 4.98 Å². The molecule has 6 nitrogen and oxygen atoms in total. The highest BCUT2D eigenvalue weighted by atomic mass is 16.5. The number of hydrogen-bond acceptors (Lipinski definition) is 5. The molecule has 1 fully saturated rings. The summed E-state index contributed by atoms with van der Waals surface area (Å²) in [7, 11) is 1.92. The Labute approximate surface area is 99.0 Å². The Morgan fingerprint density at radius 2 is 2.24 bits per heavy atom. The fourth-order valence-electron chi connectivity index (χ4n) is 2.11. The van der Waals surface area contributed by atoms with Crippen molar-refractivity contribution < 1.29 is 4.52 Å². The molecule has 3 heterocycles. The maximum absolute atomic E-state index is 5.26. The molecule has 2 aromatic heterocycles. The van der Waals surface area contributed by atoms with Crippen LogP contribution in [-0.4, -0.2) is 32.8 Å². The van der Waals surface area contributed by atoms with Crippen LogP contribution in [0.1, 0.15) is 24.6 Å². The standard InChI is InChI=1S/C11H15N5O/c1-16-6-9(13-7-16)11-14-10(15-17-11)8-2-4-12-5-3-8/h6-8,12H,2-5H2,1H3. The highest BCUT2D eigenvalue weighted by molar-refractivity contribution is 5.44. The maximum Gasteiger partial charge on any atom is 0.278 e. The fourth-order valence-corrected chi connectivity index (χ4v) is 2.11. The Morgan fingerprint density at radius 1 is 1.41 bits per heavy atom. The molecule has 0 saturated carbocycles. The first-order valence-electron chi connectivity index (χ1n) is 5.85. The van der Waals surface area contributed by atoms with Crippen molar-refractivity contribution in [2.24, 2.45) is 7.05 Å². The van der Waals surface area contributed by atoms with E-state index in [0.717, 1.165) is 37.4 Å². The van der Waals surface area contributed by atoms with Crippen LogP contribution in [-0.2, 0) is 7.05 Å². The molecule has 0 spiro atoms. The van der Waals surface area contributed by atoms with Gasteiger partial charge in [0.25, 0.3) is 5.89 Å². The van der Waals surface area contributed by atoms with Gasteiger partial charge in [0.15, 0.2) is 5.82 Å². The van der Waals surface area contributed by atoms with E-state index in [2.05, 4.69) is 20.4 Å². The van der Waals surface area contributed by atoms with Crippen LogP contribution >= 0.6 is 0 Å². The minimum atomic E-state index is 0.414. The van der Waals surface area contributed by atoms with Crippen LogP contribution in [0, 0.1) is 0 Å². The smallest absolute Gasteiger partial charge is 0.278 e. The normalized spacial score (nSPS) is 17.5. The molecule has 3 rings (SSSR count). The lowest BCUT2D eigenvalue weighted by Crippen LogP contribution is -2.27. The number of nitrogens with zero attached hydrogens (tertiary/aromatic N) is 4. The zero-order chi connectivity index (χ0) is 11.7. The molecule has 17 heavy (non-hydrogen) atoms. The molecule has 2 aromatic rings. The molecule has 0 aromatic carbocycles. The van der Waals surface area contributed by atoms with E-state index in [-0.39, 0.29) is 0 Å². The van der Waals surface area contributed by atoms with Crippen molar-refractivity contribution in [3.8, 4) is 11.6 Å². The highest BCUT2D eigenvalue weighted by Crippen LogP contribution is 2.24. The molecule has 90 valence electrons. The van der Waals surface area contributed by atoms with E-state index in [9.17, 15) is 0 Å². The largest absolute Gasteiger partial charge is 0.340 e. The van der Waals surface area contributed by atoms with Crippen molar-refractivity contribution in [1.82, 2.24) is 25.0 Å². The van der Waals surface area contributed by atoms with Crippen molar-refractivity contribution in [3.63, 3.8) is 0 Å². The monoisotopic (exact) mass is 233 g/mol. The van der Waals surface area contributed by atoms with Crippen LogP contribution in [0.4, 0.5) is 0 Å². The van der Waals surface area contributed by atoms with Crippen molar-refractivity contribution in [1.29, 1.82) is 0 Å². The fraction of sp³-hybridized carbons (Fsp3) is 0.545. The molecule has 1 saturated heterocycles. The highest BCUT2D eigenvalue weighted by Gasteiger charge is 2.21. The van der Waals surface area contributed by atoms with E-state index in [1.807, 2.05) is 17.8 Å². The lowest BCUT2D eigenvalue weighted by atomic mass is 9.98. The number of rotatable bonds is 2. The average Bonchev–Trinajstić information content (AvgIpc) is 2.98. The summed E-state index contributed by atoms with van der Waals surface area (Å²) in [5.74, 6) is 1.74. The number of imidazole rings is 1. The lowest BCUT2D eigenvalue weighted by molar-refractivity contribution is 0.391. The number of aryl methyl sites for hydroxylation is 1. The van der Waals surface area contributed by atoms with Crippen LogP contribution in [0.15, 0.2) is 17.0 Å². The molecule has 0 amide bonds. The number of piperidine rings is 1. The summed E-state index contributed by atoms with van der Waals surface area (Å²) < 4.78 is 7.12. The van der Waals surface area contributed by atoms with E-state index in [1.54, 1.807) is 6.33 Å². The topological polar surface area (TPSA) is 68.8 Å². The van der Waals surface area contributed by atoms with E-state index in [1.165, 1.54) is 0 Å². The summed E-state index contributed by atoms with van der Waals surface area (Å²) in [5.41, 5.74) is 0.736. The van der Waals surface area contributed by atoms with Crippen LogP contribution < -0.4 is 5.32 Å². The summed E-state index contributed by atoms with van der Waals surface area (Å²) >= 11 is 0. The van der Waals surface area contributed by atoms with Gasteiger partial charge in [-0.05, 0) is 25.9 Å². The molecular formula is C11H15N5O. The van der Waals surface area contributed by atoms with E-state index < -0.39 is 0 Å². The van der Waals surface area contributed by atoms with Gasteiger partial charge >= 0.3 is 0 Å². The van der Waals surface area contributed by atoms with Crippen LogP contribution in [0.5, 0.6) is 0 Å². The van der Waals surface area contributed by atoms with Gasteiger partial charge in [0.05, 0.1) is 6.33 Å². The van der Waals surface area contributed by atoms with Gasteiger partial charge in [0.1, 0.15) is 5.69 Å². The SMILES string of the molecule is Cn1cnc(-c2nc(C3CCNCC3)no2)c1. The molecule has 1 aliphatic heterocycles. The maximum atomic E-state index is 5.26. The zero-order valence-corrected chi connectivity index (χ0v) is 9.76. The summed E-state index contributed by atoms with van der Waals surface area (Å²) in [6.07, 6.45) is 5.74. The minimum Gasteiger partial charge on any atom is -0.340 e. The summed E-state index contributed by atoms with van der Waals surface area (Å²) in [4.78, 5) is 8.63. The molecule has 1 aliphatic rings. The Hall–Kier alpha value is -1.69. The van der Waals surface area contributed by atoms with E-state index >= 15 is 0 Å². The van der Waals surface area contributed by atoms with Crippen molar-refractivity contribution >= 4 is 0 Å². The molecule has 0 bridgehead atoms. The summed E-state index contributed by atoms with van der Waals surface area (Å²) in [5, 5.41) is 7.39. The second-order valence-electron chi connectivity index (χ2n) is 4.41. The third-order valence-corrected chi connectivity index (χ3v) is 3.07. The Kier molecular flexibility index (Phi) is 2.64. The van der Waals surface area contributed by atoms with Crippen LogP contribution in [0.2, 0.25) is 0 Å². The van der Waals surface area contributed by atoms with Crippen molar-refractivity contribution in [2.75, 3.05) is 13.1 Å². The quantitative estimate of drug-likeness (QED) is 0.836. The van der Waals surface area contributed by atoms with Crippen molar-refractivity contribution in [2.45, 2.75) is 18.8 Å². The van der Waals surface area contributed by atoms with Crippen LogP contribution in [0.25, 0.3) is 11.6 Å². The zero-order valence-electron chi connectivity index (χ0n) is 9.76. The Morgan fingerprint density at radius 3 is 2.94 bits per heavy atom. The predicted molar refractivity (Wildman–Crippen MR) is 61.3 cm³/mol. The molecule has 0 unspecified atom stereocenters. The first-order chi connectivity index (χ1) is 8.33. The third kappa shape index (κ3) is 2.08. The van der Waals surface area contributed by atoms with Gasteiger partial charge in [0.2, 0.25) is 0 Å². The van der Waals surface area contributed by atoms with Gasteiger partial charge < -0.3 is 14.4 Å². The molecule has 0 radical (unpaired) electrons. The molecule has 0 atom stereocenters. The lowest BCUT2D eigenvalue weighted by Gasteiger charge is -2.18. The van der Waals surface area contributed by atoms with E-state index in [4.69, 9.17) is 4.52 Å². The molecular weight excluding hydrogens is 218 g/mol. The number of hydrogen-bond donors (Lipinski definition) is 1. The van der Waals surface area contributed by atoms with Crippen molar-refractivity contribution in [3.05, 3.63) is 18.3 Å². The predicted octanol–water partition coefficient (Wildman–Crippen LogP) is 0.937. The second kappa shape index (κ2) is 4.29. The van der Waals surface area contributed by atoms with Gasteiger partial charge in [-0.15, -0.1) is 0 Å². The molecule has 6 heteroatoms. The summed E-state index contributed by atoms with van der Waals surface area (Å²) in [6, 6.07) is 0. The average molecular weight is 233 g/mol. The molecule has 0 aliphatic carbocycles. The number of aromatic nitrogens is 4. The van der Waals surface area contributed by atoms with Crippen LogP contribution in [0.3, 0.4) is 0 Å². The van der Waals surface area contributed by atoms with E-state index in [0.29, 0.717) is 11.8 Å². The van der Waals surface area contributed by atoms with Gasteiger partial charge in [0, 0.05) is 19.2 Å². The number of nitrogens with one attached hydrogen (secondary N) is 1. The van der Waals surface area contributed by atoms with Gasteiger partial charge in [-0.25, -0.2) is 4.98 Å². The Bertz CT molecular complexity index is 497. The minimum absolute atomic E-state index is 0.414. The first kappa shape index (κ1) is 10.5. The Balaban J connectivity index is 1.82. The second-order valence-corrected chi connectivity index (χ2v) is 4.41. The summed E-state index contributed by atoms with van der Waals surface area (Å²) in [6.45, 7) is 2.05. The van der Waals surface area contributed by atoms with Gasteiger partial charge in [-0.1, -0.05) is 5.16 Å². The molecule has 1 N–H and O–H groups in total. The third-order valence-electron chi connectivity index (χ3n) is 3.07.